The van der Waals surface area contributed by atoms with E-state index < -0.39 is 0 Å². The Bertz CT molecular complexity index is 423. The summed E-state index contributed by atoms with van der Waals surface area (Å²) in [6.07, 6.45) is 1.64. The normalized spacial score (nSPS) is 11.9. The van der Waals surface area contributed by atoms with Crippen molar-refractivity contribution in [2.75, 3.05) is 0 Å². The number of hydrogen-bond donors (Lipinski definition) is 2. The third-order valence-corrected chi connectivity index (χ3v) is 2.83. The number of carbonyl (C=O) groups excluding carboxylic acids is 1. The maximum Gasteiger partial charge on any atom is 0.251 e. The first-order valence-corrected chi connectivity index (χ1v) is 6.19. The number of hydrogen-bond acceptors (Lipinski definition) is 2. The molecule has 5 heteroatoms. The highest BCUT2D eigenvalue weighted by molar-refractivity contribution is 7.80. The topological polar surface area (TPSA) is 55.1 Å². The van der Waals surface area contributed by atoms with Gasteiger partial charge in [0, 0.05) is 10.6 Å². The number of rotatable bonds is 5. The van der Waals surface area contributed by atoms with Gasteiger partial charge in [0.25, 0.3) is 5.91 Å². The summed E-state index contributed by atoms with van der Waals surface area (Å²) in [6, 6.07) is 6.49. The van der Waals surface area contributed by atoms with Crippen molar-refractivity contribution < 1.29 is 4.79 Å². The van der Waals surface area contributed by atoms with Crippen LogP contribution in [0.5, 0.6) is 0 Å². The quantitative estimate of drug-likeness (QED) is 0.809. The fourth-order valence-electron chi connectivity index (χ4n) is 1.45. The minimum atomic E-state index is -0.263. The SMILES string of the molecule is CCCC(NC(=O)c1cccc(Cl)c1)C(N)=S. The van der Waals surface area contributed by atoms with Crippen molar-refractivity contribution in [1.82, 2.24) is 5.32 Å². The van der Waals surface area contributed by atoms with Crippen molar-refractivity contribution in [2.24, 2.45) is 5.73 Å². The summed E-state index contributed by atoms with van der Waals surface area (Å²) in [5.41, 5.74) is 6.08. The maximum atomic E-state index is 11.9. The van der Waals surface area contributed by atoms with Crippen LogP contribution < -0.4 is 11.1 Å². The zero-order chi connectivity index (χ0) is 12.8. The van der Waals surface area contributed by atoms with Crippen molar-refractivity contribution in [3.63, 3.8) is 0 Å². The lowest BCUT2D eigenvalue weighted by Gasteiger charge is -2.16. The Labute approximate surface area is 111 Å². The molecule has 1 aromatic rings. The summed E-state index contributed by atoms with van der Waals surface area (Å²) in [5, 5.41) is 3.32. The largest absolute Gasteiger partial charge is 0.392 e. The van der Waals surface area contributed by atoms with Gasteiger partial charge in [-0.25, -0.2) is 0 Å². The predicted octanol–water partition coefficient (Wildman–Crippen LogP) is 2.52. The second-order valence-corrected chi connectivity index (χ2v) is 4.64. The molecule has 3 nitrogen and oxygen atoms in total. The fraction of sp³-hybridized carbons (Fsp3) is 0.333. The zero-order valence-electron chi connectivity index (χ0n) is 9.57. The van der Waals surface area contributed by atoms with E-state index >= 15 is 0 Å². The van der Waals surface area contributed by atoms with Gasteiger partial charge in [0.1, 0.15) is 0 Å². The highest BCUT2D eigenvalue weighted by atomic mass is 35.5. The summed E-state index contributed by atoms with van der Waals surface area (Å²) in [6.45, 7) is 2.01. The van der Waals surface area contributed by atoms with Crippen molar-refractivity contribution in [2.45, 2.75) is 25.8 Å². The summed E-state index contributed by atoms with van der Waals surface area (Å²) >= 11 is 10.7. The van der Waals surface area contributed by atoms with Crippen LogP contribution >= 0.6 is 23.8 Å². The monoisotopic (exact) mass is 270 g/mol. The molecule has 0 saturated heterocycles. The summed E-state index contributed by atoms with van der Waals surface area (Å²) in [5.74, 6) is -0.209. The van der Waals surface area contributed by atoms with Crippen LogP contribution in [-0.2, 0) is 0 Å². The molecule has 0 fully saturated rings. The molecule has 0 aliphatic carbocycles. The van der Waals surface area contributed by atoms with Crippen LogP contribution in [0, 0.1) is 0 Å². The molecule has 1 aromatic carbocycles. The minimum Gasteiger partial charge on any atom is -0.392 e. The van der Waals surface area contributed by atoms with Gasteiger partial charge in [-0.05, 0) is 24.6 Å². The van der Waals surface area contributed by atoms with Crippen LogP contribution in [0.4, 0.5) is 0 Å². The molecule has 0 radical (unpaired) electrons. The minimum absolute atomic E-state index is 0.209. The highest BCUT2D eigenvalue weighted by Gasteiger charge is 2.15. The van der Waals surface area contributed by atoms with Crippen molar-refractivity contribution in [3.05, 3.63) is 34.9 Å². The number of nitrogens with two attached hydrogens (primary N) is 1. The molecule has 1 amide bonds. The molecule has 0 spiro atoms. The molecule has 1 rings (SSSR count). The number of nitrogens with one attached hydrogen (secondary N) is 1. The molecule has 3 N–H and O–H groups in total. The first-order chi connectivity index (χ1) is 8.04. The highest BCUT2D eigenvalue weighted by Crippen LogP contribution is 2.11. The number of benzene rings is 1. The second kappa shape index (κ2) is 6.57. The summed E-state index contributed by atoms with van der Waals surface area (Å²) < 4.78 is 0. The Morgan fingerprint density at radius 2 is 2.29 bits per heavy atom. The lowest BCUT2D eigenvalue weighted by molar-refractivity contribution is 0.0945. The number of thiocarbonyl (C=S) groups is 1. The van der Waals surface area contributed by atoms with Gasteiger partial charge in [0.2, 0.25) is 0 Å². The van der Waals surface area contributed by atoms with Crippen LogP contribution in [0.3, 0.4) is 0 Å². The van der Waals surface area contributed by atoms with Crippen molar-refractivity contribution >= 4 is 34.7 Å². The van der Waals surface area contributed by atoms with Gasteiger partial charge in [-0.3, -0.25) is 4.79 Å². The van der Waals surface area contributed by atoms with Gasteiger partial charge in [-0.2, -0.15) is 0 Å². The molecule has 1 unspecified atom stereocenters. The van der Waals surface area contributed by atoms with E-state index in [1.54, 1.807) is 24.3 Å². The van der Waals surface area contributed by atoms with Gasteiger partial charge in [-0.1, -0.05) is 43.2 Å². The Kier molecular flexibility index (Phi) is 5.38. The Hall–Kier alpha value is -1.13. The Morgan fingerprint density at radius 1 is 1.59 bits per heavy atom. The number of halogens is 1. The summed E-state index contributed by atoms with van der Waals surface area (Å²) in [4.78, 5) is 12.2. The Morgan fingerprint density at radius 3 is 2.82 bits per heavy atom. The van der Waals surface area contributed by atoms with E-state index in [1.807, 2.05) is 6.92 Å². The average molecular weight is 271 g/mol. The molecule has 0 aromatic heterocycles. The van der Waals surface area contributed by atoms with E-state index in [9.17, 15) is 4.79 Å². The molecule has 0 aliphatic heterocycles. The van der Waals surface area contributed by atoms with E-state index in [1.165, 1.54) is 0 Å². The molecule has 0 heterocycles. The van der Waals surface area contributed by atoms with Crippen LogP contribution in [0.2, 0.25) is 5.02 Å². The van der Waals surface area contributed by atoms with Gasteiger partial charge >= 0.3 is 0 Å². The standard InChI is InChI=1S/C12H15ClN2OS/c1-2-4-10(11(14)17)15-12(16)8-5-3-6-9(13)7-8/h3,5-7,10H,2,4H2,1H3,(H2,14,17)(H,15,16). The molecular formula is C12H15ClN2OS. The smallest absolute Gasteiger partial charge is 0.251 e. The summed E-state index contributed by atoms with van der Waals surface area (Å²) in [7, 11) is 0. The van der Waals surface area contributed by atoms with Crippen molar-refractivity contribution in [3.8, 4) is 0 Å². The van der Waals surface area contributed by atoms with Crippen LogP contribution in [0.15, 0.2) is 24.3 Å². The van der Waals surface area contributed by atoms with Gasteiger partial charge in [0.05, 0.1) is 11.0 Å². The fourth-order valence-corrected chi connectivity index (χ4v) is 1.81. The van der Waals surface area contributed by atoms with E-state index in [-0.39, 0.29) is 11.9 Å². The molecule has 0 aliphatic rings. The Balaban J connectivity index is 2.73. The molecule has 92 valence electrons. The van der Waals surface area contributed by atoms with E-state index in [2.05, 4.69) is 5.32 Å². The zero-order valence-corrected chi connectivity index (χ0v) is 11.1. The average Bonchev–Trinajstić information content (AvgIpc) is 2.28. The third-order valence-electron chi connectivity index (χ3n) is 2.31. The first kappa shape index (κ1) is 13.9. The molecule has 0 saturated carbocycles. The first-order valence-electron chi connectivity index (χ1n) is 5.40. The molecule has 1 atom stereocenters. The van der Waals surface area contributed by atoms with Crippen molar-refractivity contribution in [1.29, 1.82) is 0 Å². The maximum absolute atomic E-state index is 11.9. The van der Waals surface area contributed by atoms with E-state index in [4.69, 9.17) is 29.6 Å². The predicted molar refractivity (Wildman–Crippen MR) is 74.4 cm³/mol. The number of carbonyl (C=O) groups is 1. The van der Waals surface area contributed by atoms with Crippen LogP contribution in [-0.4, -0.2) is 16.9 Å². The van der Waals surface area contributed by atoms with Gasteiger partial charge in [0.15, 0.2) is 0 Å². The van der Waals surface area contributed by atoms with E-state index in [0.717, 1.165) is 12.8 Å². The van der Waals surface area contributed by atoms with E-state index in [0.29, 0.717) is 15.6 Å². The van der Waals surface area contributed by atoms with Gasteiger partial charge < -0.3 is 11.1 Å². The van der Waals surface area contributed by atoms with Gasteiger partial charge in [-0.15, -0.1) is 0 Å². The lowest BCUT2D eigenvalue weighted by atomic mass is 10.1. The molecule has 0 bridgehead atoms. The second-order valence-electron chi connectivity index (χ2n) is 3.73. The molecule has 17 heavy (non-hydrogen) atoms. The van der Waals surface area contributed by atoms with Crippen LogP contribution in [0.1, 0.15) is 30.1 Å². The number of amides is 1. The molecular weight excluding hydrogens is 256 g/mol. The lowest BCUT2D eigenvalue weighted by Crippen LogP contribution is -2.43. The third kappa shape index (κ3) is 4.32. The van der Waals surface area contributed by atoms with Crippen LogP contribution in [0.25, 0.3) is 0 Å².